The lowest BCUT2D eigenvalue weighted by atomic mass is 10.0. The van der Waals surface area contributed by atoms with Gasteiger partial charge in [-0.05, 0) is 49.2 Å². The molecule has 0 amide bonds. The Morgan fingerprint density at radius 1 is 1.05 bits per heavy atom. The summed E-state index contributed by atoms with van der Waals surface area (Å²) in [7, 11) is 0. The van der Waals surface area contributed by atoms with Crippen molar-refractivity contribution in [3.8, 4) is 5.75 Å². The van der Waals surface area contributed by atoms with Gasteiger partial charge in [-0.2, -0.15) is 0 Å². The topological polar surface area (TPSA) is 26.3 Å². The Morgan fingerprint density at radius 3 is 2.42 bits per heavy atom. The van der Waals surface area contributed by atoms with Crippen LogP contribution in [0.15, 0.2) is 42.5 Å². The van der Waals surface area contributed by atoms with Crippen LogP contribution in [0.25, 0.3) is 0 Å². The summed E-state index contributed by atoms with van der Waals surface area (Å²) in [5.74, 6) is 0.801. The molecule has 2 aromatic carbocycles. The van der Waals surface area contributed by atoms with Crippen molar-refractivity contribution >= 4 is 6.29 Å². The Bertz CT molecular complexity index is 556. The lowest BCUT2D eigenvalue weighted by Gasteiger charge is -2.09. The highest BCUT2D eigenvalue weighted by molar-refractivity contribution is 5.74. The summed E-state index contributed by atoms with van der Waals surface area (Å²) < 4.78 is 5.68. The molecule has 0 fully saturated rings. The summed E-state index contributed by atoms with van der Waals surface area (Å²) in [4.78, 5) is 10.5. The third kappa shape index (κ3) is 3.68. The minimum atomic E-state index is 0.643. The highest BCUT2D eigenvalue weighted by atomic mass is 16.5. The van der Waals surface area contributed by atoms with Crippen molar-refractivity contribution in [3.63, 3.8) is 0 Å². The Balaban J connectivity index is 1.90. The fourth-order valence-corrected chi connectivity index (χ4v) is 2.05. The third-order valence-corrected chi connectivity index (χ3v) is 3.15. The molecule has 0 aliphatic carbocycles. The van der Waals surface area contributed by atoms with Gasteiger partial charge in [0.15, 0.2) is 0 Å². The molecule has 2 rings (SSSR count). The molecule has 19 heavy (non-hydrogen) atoms. The first-order valence-corrected chi connectivity index (χ1v) is 6.43. The van der Waals surface area contributed by atoms with Gasteiger partial charge in [-0.25, -0.2) is 0 Å². The van der Waals surface area contributed by atoms with Gasteiger partial charge in [-0.15, -0.1) is 0 Å². The molecule has 0 aliphatic rings. The number of hydrogen-bond donors (Lipinski definition) is 0. The minimum Gasteiger partial charge on any atom is -0.493 e. The van der Waals surface area contributed by atoms with E-state index in [1.54, 1.807) is 12.1 Å². The lowest BCUT2D eigenvalue weighted by Crippen LogP contribution is -2.03. The van der Waals surface area contributed by atoms with Crippen LogP contribution in [0.5, 0.6) is 5.75 Å². The van der Waals surface area contributed by atoms with E-state index in [0.29, 0.717) is 12.2 Å². The molecule has 0 saturated heterocycles. The largest absolute Gasteiger partial charge is 0.493 e. The summed E-state index contributed by atoms with van der Waals surface area (Å²) in [6.45, 7) is 4.87. The molecule has 0 spiro atoms. The number of aldehydes is 1. The molecule has 0 unspecified atom stereocenters. The van der Waals surface area contributed by atoms with E-state index < -0.39 is 0 Å². The minimum absolute atomic E-state index is 0.643. The van der Waals surface area contributed by atoms with Crippen molar-refractivity contribution in [2.45, 2.75) is 20.3 Å². The number of ether oxygens (including phenoxy) is 1. The predicted octanol–water partition coefficient (Wildman–Crippen LogP) is 3.74. The van der Waals surface area contributed by atoms with Crippen LogP contribution in [-0.4, -0.2) is 12.9 Å². The van der Waals surface area contributed by atoms with E-state index >= 15 is 0 Å². The quantitative estimate of drug-likeness (QED) is 0.760. The van der Waals surface area contributed by atoms with Gasteiger partial charge in [-0.1, -0.05) is 23.8 Å². The molecule has 0 radical (unpaired) electrons. The summed E-state index contributed by atoms with van der Waals surface area (Å²) in [6, 6.07) is 13.6. The molecule has 0 N–H and O–H groups in total. The Labute approximate surface area is 114 Å². The van der Waals surface area contributed by atoms with E-state index in [2.05, 4.69) is 32.0 Å². The first kappa shape index (κ1) is 13.3. The molecular weight excluding hydrogens is 236 g/mol. The molecule has 2 aromatic rings. The normalized spacial score (nSPS) is 10.2. The van der Waals surface area contributed by atoms with E-state index in [1.807, 2.05) is 12.1 Å². The van der Waals surface area contributed by atoms with Crippen LogP contribution in [0.2, 0.25) is 0 Å². The second-order valence-corrected chi connectivity index (χ2v) is 4.72. The summed E-state index contributed by atoms with van der Waals surface area (Å²) in [5.41, 5.74) is 4.57. The Kier molecular flexibility index (Phi) is 4.35. The van der Waals surface area contributed by atoms with Gasteiger partial charge in [0, 0.05) is 12.0 Å². The smallest absolute Gasteiger partial charge is 0.150 e. The van der Waals surface area contributed by atoms with Crippen molar-refractivity contribution < 1.29 is 9.53 Å². The van der Waals surface area contributed by atoms with E-state index in [9.17, 15) is 4.79 Å². The van der Waals surface area contributed by atoms with Crippen LogP contribution in [0.4, 0.5) is 0 Å². The van der Waals surface area contributed by atoms with Gasteiger partial charge in [0.2, 0.25) is 0 Å². The summed E-state index contributed by atoms with van der Waals surface area (Å²) >= 11 is 0. The number of rotatable bonds is 5. The zero-order valence-corrected chi connectivity index (χ0v) is 11.3. The fraction of sp³-hybridized carbons (Fsp3) is 0.235. The second kappa shape index (κ2) is 6.19. The molecule has 98 valence electrons. The van der Waals surface area contributed by atoms with Gasteiger partial charge in [0.05, 0.1) is 6.61 Å². The Hall–Kier alpha value is -2.09. The van der Waals surface area contributed by atoms with Crippen molar-refractivity contribution in [2.75, 3.05) is 6.61 Å². The van der Waals surface area contributed by atoms with E-state index in [0.717, 1.165) is 18.5 Å². The maximum Gasteiger partial charge on any atom is 0.150 e. The number of carbonyl (C=O) groups excluding carboxylic acids is 1. The van der Waals surface area contributed by atoms with Gasteiger partial charge in [-0.3, -0.25) is 4.79 Å². The first-order chi connectivity index (χ1) is 9.19. The highest BCUT2D eigenvalue weighted by Gasteiger charge is 2.00. The van der Waals surface area contributed by atoms with Crippen LogP contribution in [-0.2, 0) is 6.42 Å². The standard InChI is InChI=1S/C17H18O2/c1-13-3-6-16(14(2)11-13)9-10-19-17-7-4-15(12-18)5-8-17/h3-8,11-12H,9-10H2,1-2H3. The number of aryl methyl sites for hydroxylation is 2. The first-order valence-electron chi connectivity index (χ1n) is 6.43. The number of benzene rings is 2. The molecular formula is C17H18O2. The maximum atomic E-state index is 10.5. The van der Waals surface area contributed by atoms with E-state index in [4.69, 9.17) is 4.74 Å². The van der Waals surface area contributed by atoms with Crippen LogP contribution in [0.1, 0.15) is 27.0 Å². The summed E-state index contributed by atoms with van der Waals surface area (Å²) in [6.07, 6.45) is 1.72. The van der Waals surface area contributed by atoms with Crippen LogP contribution in [0, 0.1) is 13.8 Å². The van der Waals surface area contributed by atoms with Crippen LogP contribution in [0.3, 0.4) is 0 Å². The average Bonchev–Trinajstić information content (AvgIpc) is 2.42. The van der Waals surface area contributed by atoms with Crippen molar-refractivity contribution in [3.05, 3.63) is 64.7 Å². The molecule has 0 bridgehead atoms. The predicted molar refractivity (Wildman–Crippen MR) is 76.9 cm³/mol. The Morgan fingerprint density at radius 2 is 1.79 bits per heavy atom. The van der Waals surface area contributed by atoms with E-state index in [1.165, 1.54) is 16.7 Å². The maximum absolute atomic E-state index is 10.5. The van der Waals surface area contributed by atoms with Gasteiger partial charge < -0.3 is 4.74 Å². The molecule has 2 nitrogen and oxygen atoms in total. The monoisotopic (exact) mass is 254 g/mol. The highest BCUT2D eigenvalue weighted by Crippen LogP contribution is 2.14. The lowest BCUT2D eigenvalue weighted by molar-refractivity contribution is 0.112. The van der Waals surface area contributed by atoms with Crippen molar-refractivity contribution in [1.82, 2.24) is 0 Å². The molecule has 0 aliphatic heterocycles. The van der Waals surface area contributed by atoms with Crippen LogP contribution < -0.4 is 4.74 Å². The van der Waals surface area contributed by atoms with Gasteiger partial charge in [0.25, 0.3) is 0 Å². The van der Waals surface area contributed by atoms with Gasteiger partial charge in [0.1, 0.15) is 12.0 Å². The number of carbonyl (C=O) groups is 1. The fourth-order valence-electron chi connectivity index (χ4n) is 2.05. The molecule has 0 saturated carbocycles. The SMILES string of the molecule is Cc1ccc(CCOc2ccc(C=O)cc2)c(C)c1. The average molecular weight is 254 g/mol. The van der Waals surface area contributed by atoms with Crippen molar-refractivity contribution in [2.24, 2.45) is 0 Å². The molecule has 0 heterocycles. The van der Waals surface area contributed by atoms with Crippen LogP contribution >= 0.6 is 0 Å². The van der Waals surface area contributed by atoms with Gasteiger partial charge >= 0.3 is 0 Å². The second-order valence-electron chi connectivity index (χ2n) is 4.72. The number of hydrogen-bond acceptors (Lipinski definition) is 2. The van der Waals surface area contributed by atoms with E-state index in [-0.39, 0.29) is 0 Å². The molecule has 0 aromatic heterocycles. The zero-order chi connectivity index (χ0) is 13.7. The molecule has 2 heteroatoms. The summed E-state index contributed by atoms with van der Waals surface area (Å²) in [5, 5.41) is 0. The van der Waals surface area contributed by atoms with Crippen molar-refractivity contribution in [1.29, 1.82) is 0 Å². The molecule has 0 atom stereocenters. The zero-order valence-electron chi connectivity index (χ0n) is 11.3. The third-order valence-electron chi connectivity index (χ3n) is 3.15.